The summed E-state index contributed by atoms with van der Waals surface area (Å²) in [4.78, 5) is 0. The predicted molar refractivity (Wildman–Crippen MR) is 67.7 cm³/mol. The van der Waals surface area contributed by atoms with Crippen LogP contribution < -0.4 is 0 Å². The molecule has 86 valence electrons. The lowest BCUT2D eigenvalue weighted by Crippen LogP contribution is -1.82. The van der Waals surface area contributed by atoms with E-state index >= 15 is 0 Å². The van der Waals surface area contributed by atoms with Crippen LogP contribution >= 0.6 is 0 Å². The quantitative estimate of drug-likeness (QED) is 0.797. The molecule has 0 fully saturated rings. The second-order valence-electron chi connectivity index (χ2n) is 3.75. The molecule has 0 atom stereocenters. The lowest BCUT2D eigenvalue weighted by molar-refractivity contribution is 0.282. The van der Waals surface area contributed by atoms with Gasteiger partial charge in [0.1, 0.15) is 5.82 Å². The summed E-state index contributed by atoms with van der Waals surface area (Å²) in [6.45, 7) is 0.0390. The van der Waals surface area contributed by atoms with E-state index in [4.69, 9.17) is 5.11 Å². The van der Waals surface area contributed by atoms with Crippen LogP contribution in [0.4, 0.5) is 4.39 Å². The average molecular weight is 228 g/mol. The van der Waals surface area contributed by atoms with E-state index < -0.39 is 0 Å². The predicted octanol–water partition coefficient (Wildman–Crippen LogP) is 3.49. The van der Waals surface area contributed by atoms with Crippen LogP contribution in [0.5, 0.6) is 0 Å². The third-order valence-electron chi connectivity index (χ3n) is 2.52. The van der Waals surface area contributed by atoms with Crippen LogP contribution in [0, 0.1) is 5.82 Å². The Morgan fingerprint density at radius 1 is 0.941 bits per heavy atom. The molecule has 0 saturated carbocycles. The van der Waals surface area contributed by atoms with E-state index in [1.807, 2.05) is 30.3 Å². The van der Waals surface area contributed by atoms with E-state index in [1.54, 1.807) is 24.3 Å². The minimum Gasteiger partial charge on any atom is -0.392 e. The van der Waals surface area contributed by atoms with Crippen LogP contribution in [0.2, 0.25) is 0 Å². The van der Waals surface area contributed by atoms with Gasteiger partial charge in [-0.15, -0.1) is 0 Å². The van der Waals surface area contributed by atoms with Crippen molar-refractivity contribution < 1.29 is 9.50 Å². The number of aliphatic hydroxyl groups is 1. The Hall–Kier alpha value is -1.93. The highest BCUT2D eigenvalue weighted by Crippen LogP contribution is 2.12. The van der Waals surface area contributed by atoms with Crippen LogP contribution in [-0.4, -0.2) is 5.11 Å². The third-order valence-corrected chi connectivity index (χ3v) is 2.52. The van der Waals surface area contributed by atoms with Crippen molar-refractivity contribution in [2.24, 2.45) is 0 Å². The highest BCUT2D eigenvalue weighted by atomic mass is 19.1. The molecule has 2 aromatic rings. The summed E-state index contributed by atoms with van der Waals surface area (Å²) in [5.41, 5.74) is 2.41. The lowest BCUT2D eigenvalue weighted by atomic mass is 10.1. The highest BCUT2D eigenvalue weighted by Gasteiger charge is 1.95. The summed E-state index contributed by atoms with van der Waals surface area (Å²) in [6.07, 6.45) is 3.59. The zero-order valence-corrected chi connectivity index (χ0v) is 9.31. The van der Waals surface area contributed by atoms with E-state index in [9.17, 15) is 4.39 Å². The smallest absolute Gasteiger partial charge is 0.130 e. The van der Waals surface area contributed by atoms with Crippen LogP contribution in [0.15, 0.2) is 48.5 Å². The largest absolute Gasteiger partial charge is 0.392 e. The van der Waals surface area contributed by atoms with Gasteiger partial charge in [0.05, 0.1) is 6.61 Å². The number of rotatable bonds is 3. The highest BCUT2D eigenvalue weighted by molar-refractivity contribution is 5.69. The van der Waals surface area contributed by atoms with Gasteiger partial charge < -0.3 is 5.11 Å². The molecule has 0 aliphatic rings. The van der Waals surface area contributed by atoms with Crippen molar-refractivity contribution in [1.82, 2.24) is 0 Å². The fourth-order valence-corrected chi connectivity index (χ4v) is 1.53. The first-order valence-corrected chi connectivity index (χ1v) is 5.42. The molecule has 2 aromatic carbocycles. The second kappa shape index (κ2) is 5.41. The van der Waals surface area contributed by atoms with Gasteiger partial charge in [-0.25, -0.2) is 4.39 Å². The van der Waals surface area contributed by atoms with Gasteiger partial charge in [0, 0.05) is 5.56 Å². The summed E-state index contributed by atoms with van der Waals surface area (Å²) >= 11 is 0. The molecule has 0 radical (unpaired) electrons. The van der Waals surface area contributed by atoms with Crippen molar-refractivity contribution in [2.45, 2.75) is 6.61 Å². The fourth-order valence-electron chi connectivity index (χ4n) is 1.53. The number of hydrogen-bond acceptors (Lipinski definition) is 1. The topological polar surface area (TPSA) is 20.2 Å². The molecule has 17 heavy (non-hydrogen) atoms. The van der Waals surface area contributed by atoms with Gasteiger partial charge >= 0.3 is 0 Å². The van der Waals surface area contributed by atoms with Gasteiger partial charge in [0.25, 0.3) is 0 Å². The maximum Gasteiger partial charge on any atom is 0.130 e. The van der Waals surface area contributed by atoms with Crippen molar-refractivity contribution in [3.05, 3.63) is 71.0 Å². The van der Waals surface area contributed by atoms with Crippen molar-refractivity contribution in [3.63, 3.8) is 0 Å². The van der Waals surface area contributed by atoms with E-state index in [0.29, 0.717) is 5.56 Å². The van der Waals surface area contributed by atoms with E-state index in [2.05, 4.69) is 0 Å². The number of aliphatic hydroxyl groups excluding tert-OH is 1. The first-order chi connectivity index (χ1) is 8.29. The molecule has 0 bridgehead atoms. The molecule has 1 nitrogen and oxygen atoms in total. The molecular formula is C15H13FO. The maximum absolute atomic E-state index is 13.3. The molecule has 0 spiro atoms. The van der Waals surface area contributed by atoms with Crippen LogP contribution in [0.1, 0.15) is 16.7 Å². The summed E-state index contributed by atoms with van der Waals surface area (Å²) in [7, 11) is 0. The van der Waals surface area contributed by atoms with Gasteiger partial charge in [-0.3, -0.25) is 0 Å². The molecule has 0 saturated heterocycles. The summed E-state index contributed by atoms with van der Waals surface area (Å²) in [5, 5.41) is 8.91. The normalized spacial score (nSPS) is 10.9. The third kappa shape index (κ3) is 3.02. The van der Waals surface area contributed by atoms with Crippen LogP contribution in [-0.2, 0) is 6.61 Å². The first-order valence-electron chi connectivity index (χ1n) is 5.42. The monoisotopic (exact) mass is 228 g/mol. The van der Waals surface area contributed by atoms with Crippen LogP contribution in [0.25, 0.3) is 12.2 Å². The molecule has 0 aliphatic carbocycles. The minimum absolute atomic E-state index is 0.0390. The average Bonchev–Trinajstić information content (AvgIpc) is 2.38. The van der Waals surface area contributed by atoms with Gasteiger partial charge in [0.2, 0.25) is 0 Å². The molecule has 2 rings (SSSR count). The summed E-state index contributed by atoms with van der Waals surface area (Å²) in [5.74, 6) is -0.226. The zero-order chi connectivity index (χ0) is 12.1. The van der Waals surface area contributed by atoms with E-state index in [1.165, 1.54) is 6.07 Å². The van der Waals surface area contributed by atoms with Crippen LogP contribution in [0.3, 0.4) is 0 Å². The summed E-state index contributed by atoms with van der Waals surface area (Å²) < 4.78 is 13.3. The van der Waals surface area contributed by atoms with Gasteiger partial charge in [-0.2, -0.15) is 0 Å². The van der Waals surface area contributed by atoms with Crippen molar-refractivity contribution in [2.75, 3.05) is 0 Å². The van der Waals surface area contributed by atoms with E-state index in [0.717, 1.165) is 11.1 Å². The zero-order valence-electron chi connectivity index (χ0n) is 9.31. The molecule has 0 amide bonds. The van der Waals surface area contributed by atoms with Gasteiger partial charge in [-0.1, -0.05) is 54.6 Å². The molecule has 0 unspecified atom stereocenters. The fraction of sp³-hybridized carbons (Fsp3) is 0.0667. The lowest BCUT2D eigenvalue weighted by Gasteiger charge is -1.98. The SMILES string of the molecule is OCc1ccc(C=Cc2ccccc2F)cc1. The molecule has 0 aliphatic heterocycles. The Kier molecular flexibility index (Phi) is 3.68. The summed E-state index contributed by atoms with van der Waals surface area (Å²) in [6, 6.07) is 14.1. The van der Waals surface area contributed by atoms with E-state index in [-0.39, 0.29) is 12.4 Å². The van der Waals surface area contributed by atoms with Gasteiger partial charge in [-0.05, 0) is 17.2 Å². The number of halogens is 1. The Morgan fingerprint density at radius 2 is 1.65 bits per heavy atom. The Bertz CT molecular complexity index is 515. The molecule has 0 aromatic heterocycles. The Morgan fingerprint density at radius 3 is 2.29 bits per heavy atom. The van der Waals surface area contributed by atoms with Crippen molar-refractivity contribution in [3.8, 4) is 0 Å². The molecule has 2 heteroatoms. The van der Waals surface area contributed by atoms with Gasteiger partial charge in [0.15, 0.2) is 0 Å². The number of hydrogen-bond donors (Lipinski definition) is 1. The van der Waals surface area contributed by atoms with Crippen molar-refractivity contribution >= 4 is 12.2 Å². The Labute approximate surface area is 99.9 Å². The molecule has 1 N–H and O–H groups in total. The minimum atomic E-state index is -0.226. The first kappa shape index (κ1) is 11.6. The maximum atomic E-state index is 13.3. The van der Waals surface area contributed by atoms with Crippen molar-refractivity contribution in [1.29, 1.82) is 0 Å². The number of benzene rings is 2. The Balaban J connectivity index is 2.17. The molecule has 0 heterocycles. The second-order valence-corrected chi connectivity index (χ2v) is 3.75. The standard InChI is InChI=1S/C15H13FO/c16-15-4-2-1-3-14(15)10-9-12-5-7-13(11-17)8-6-12/h1-10,17H,11H2. The molecular weight excluding hydrogens is 215 g/mol.